The second-order valence-corrected chi connectivity index (χ2v) is 5.32. The molecule has 114 valence electrons. The standard InChI is InChI=1S/C16H18N4O2/c1-12(21)13-2-4-14(5-3-13)19-8-10-20(11-9-19)16(22)15-17-6-7-18-15/h2-7H,8-11H2,1H3,(H,17,18). The Balaban J connectivity index is 1.62. The molecule has 0 bridgehead atoms. The quantitative estimate of drug-likeness (QED) is 0.873. The van der Waals surface area contributed by atoms with Crippen LogP contribution in [0, 0.1) is 0 Å². The third kappa shape index (κ3) is 2.86. The minimum atomic E-state index is -0.0587. The van der Waals surface area contributed by atoms with E-state index in [4.69, 9.17) is 0 Å². The average molecular weight is 298 g/mol. The lowest BCUT2D eigenvalue weighted by atomic mass is 10.1. The number of Topliss-reactive ketones (excluding diaryl/α,β-unsaturated/α-hetero) is 1. The van der Waals surface area contributed by atoms with Crippen LogP contribution in [0.5, 0.6) is 0 Å². The number of anilines is 1. The van der Waals surface area contributed by atoms with E-state index in [1.54, 1.807) is 24.2 Å². The Morgan fingerprint density at radius 2 is 1.77 bits per heavy atom. The minimum Gasteiger partial charge on any atom is -0.368 e. The maximum atomic E-state index is 12.2. The Hall–Kier alpha value is -2.63. The van der Waals surface area contributed by atoms with Crippen LogP contribution >= 0.6 is 0 Å². The number of piperazine rings is 1. The van der Waals surface area contributed by atoms with E-state index in [0.29, 0.717) is 18.9 Å². The summed E-state index contributed by atoms with van der Waals surface area (Å²) in [6, 6.07) is 7.61. The number of amides is 1. The first-order valence-electron chi connectivity index (χ1n) is 7.30. The summed E-state index contributed by atoms with van der Waals surface area (Å²) in [5.41, 5.74) is 1.80. The highest BCUT2D eigenvalue weighted by Gasteiger charge is 2.23. The third-order valence-electron chi connectivity index (χ3n) is 3.91. The fourth-order valence-electron chi connectivity index (χ4n) is 2.61. The van der Waals surface area contributed by atoms with Gasteiger partial charge in [0.2, 0.25) is 0 Å². The van der Waals surface area contributed by atoms with Gasteiger partial charge in [-0.3, -0.25) is 9.59 Å². The number of hydrogen-bond donors (Lipinski definition) is 1. The van der Waals surface area contributed by atoms with E-state index in [-0.39, 0.29) is 11.7 Å². The largest absolute Gasteiger partial charge is 0.368 e. The van der Waals surface area contributed by atoms with E-state index in [2.05, 4.69) is 14.9 Å². The molecule has 1 aromatic carbocycles. The first-order chi connectivity index (χ1) is 10.6. The summed E-state index contributed by atoms with van der Waals surface area (Å²) >= 11 is 0. The number of carbonyl (C=O) groups excluding carboxylic acids is 2. The molecule has 0 radical (unpaired) electrons. The van der Waals surface area contributed by atoms with Gasteiger partial charge in [0.15, 0.2) is 11.6 Å². The summed E-state index contributed by atoms with van der Waals surface area (Å²) in [6.07, 6.45) is 3.24. The number of nitrogens with one attached hydrogen (secondary N) is 1. The summed E-state index contributed by atoms with van der Waals surface area (Å²) in [5.74, 6) is 0.399. The van der Waals surface area contributed by atoms with Crippen molar-refractivity contribution >= 4 is 17.4 Å². The Morgan fingerprint density at radius 3 is 2.32 bits per heavy atom. The van der Waals surface area contributed by atoms with Gasteiger partial charge in [-0.1, -0.05) is 0 Å². The van der Waals surface area contributed by atoms with Gasteiger partial charge in [0.05, 0.1) is 0 Å². The van der Waals surface area contributed by atoms with Crippen LogP contribution in [0.4, 0.5) is 5.69 Å². The number of benzene rings is 1. The van der Waals surface area contributed by atoms with Crippen LogP contribution in [-0.4, -0.2) is 52.7 Å². The van der Waals surface area contributed by atoms with Crippen LogP contribution in [0.2, 0.25) is 0 Å². The summed E-state index contributed by atoms with van der Waals surface area (Å²) in [6.45, 7) is 4.42. The monoisotopic (exact) mass is 298 g/mol. The molecule has 6 nitrogen and oxygen atoms in total. The highest BCUT2D eigenvalue weighted by atomic mass is 16.2. The fraction of sp³-hybridized carbons (Fsp3) is 0.312. The Morgan fingerprint density at radius 1 is 1.09 bits per heavy atom. The van der Waals surface area contributed by atoms with E-state index in [9.17, 15) is 9.59 Å². The molecule has 0 spiro atoms. The molecule has 3 rings (SSSR count). The Labute approximate surface area is 128 Å². The minimum absolute atomic E-state index is 0.0587. The summed E-state index contributed by atoms with van der Waals surface area (Å²) < 4.78 is 0. The van der Waals surface area contributed by atoms with Crippen LogP contribution in [-0.2, 0) is 0 Å². The molecule has 1 aliphatic heterocycles. The molecule has 0 atom stereocenters. The normalized spacial score (nSPS) is 15.0. The average Bonchev–Trinajstić information content (AvgIpc) is 3.09. The molecule has 22 heavy (non-hydrogen) atoms. The van der Waals surface area contributed by atoms with Gasteiger partial charge in [0.25, 0.3) is 5.91 Å². The number of ketones is 1. The zero-order valence-corrected chi connectivity index (χ0v) is 12.5. The lowest BCUT2D eigenvalue weighted by molar-refractivity contribution is 0.0735. The van der Waals surface area contributed by atoms with E-state index < -0.39 is 0 Å². The van der Waals surface area contributed by atoms with Gasteiger partial charge in [-0.05, 0) is 31.2 Å². The molecule has 1 fully saturated rings. The fourth-order valence-corrected chi connectivity index (χ4v) is 2.61. The molecule has 1 N–H and O–H groups in total. The van der Waals surface area contributed by atoms with Gasteiger partial charge in [-0.2, -0.15) is 0 Å². The molecule has 0 unspecified atom stereocenters. The van der Waals surface area contributed by atoms with Crippen LogP contribution in [0.3, 0.4) is 0 Å². The number of nitrogens with zero attached hydrogens (tertiary/aromatic N) is 3. The van der Waals surface area contributed by atoms with Crippen LogP contribution in [0.1, 0.15) is 27.9 Å². The van der Waals surface area contributed by atoms with Crippen molar-refractivity contribution in [2.45, 2.75) is 6.92 Å². The van der Waals surface area contributed by atoms with E-state index >= 15 is 0 Å². The van der Waals surface area contributed by atoms with Gasteiger partial charge in [-0.15, -0.1) is 0 Å². The van der Waals surface area contributed by atoms with Crippen molar-refractivity contribution in [2.24, 2.45) is 0 Å². The second-order valence-electron chi connectivity index (χ2n) is 5.32. The van der Waals surface area contributed by atoms with Gasteiger partial charge >= 0.3 is 0 Å². The molecule has 1 saturated heterocycles. The molecule has 2 aromatic rings. The Bertz CT molecular complexity index is 656. The van der Waals surface area contributed by atoms with Crippen molar-refractivity contribution in [1.29, 1.82) is 0 Å². The maximum Gasteiger partial charge on any atom is 0.289 e. The zero-order valence-electron chi connectivity index (χ0n) is 12.5. The van der Waals surface area contributed by atoms with Crippen LogP contribution in [0.15, 0.2) is 36.7 Å². The lowest BCUT2D eigenvalue weighted by Gasteiger charge is -2.35. The molecular weight excluding hydrogens is 280 g/mol. The molecule has 1 amide bonds. The van der Waals surface area contributed by atoms with Crippen molar-refractivity contribution < 1.29 is 9.59 Å². The summed E-state index contributed by atoms with van der Waals surface area (Å²) in [7, 11) is 0. The van der Waals surface area contributed by atoms with Gasteiger partial charge in [-0.25, -0.2) is 4.98 Å². The molecule has 0 saturated carbocycles. The first kappa shape index (κ1) is 14.3. The number of imidazole rings is 1. The number of rotatable bonds is 3. The Kier molecular flexibility index (Phi) is 3.91. The molecule has 1 aromatic heterocycles. The summed E-state index contributed by atoms with van der Waals surface area (Å²) in [5, 5.41) is 0. The molecular formula is C16H18N4O2. The maximum absolute atomic E-state index is 12.2. The number of carbonyl (C=O) groups is 2. The van der Waals surface area contributed by atoms with Crippen molar-refractivity contribution in [3.63, 3.8) is 0 Å². The predicted octanol–water partition coefficient (Wildman–Crippen LogP) is 1.57. The zero-order chi connectivity index (χ0) is 15.5. The van der Waals surface area contributed by atoms with Crippen molar-refractivity contribution in [3.05, 3.63) is 48.0 Å². The number of hydrogen-bond acceptors (Lipinski definition) is 4. The number of aromatic nitrogens is 2. The topological polar surface area (TPSA) is 69.3 Å². The van der Waals surface area contributed by atoms with Gasteiger partial charge in [0, 0.05) is 49.8 Å². The van der Waals surface area contributed by atoms with Crippen molar-refractivity contribution in [3.8, 4) is 0 Å². The third-order valence-corrected chi connectivity index (χ3v) is 3.91. The molecule has 2 heterocycles. The number of aromatic amines is 1. The van der Waals surface area contributed by atoms with Gasteiger partial charge in [0.1, 0.15) is 0 Å². The second kappa shape index (κ2) is 6.01. The SMILES string of the molecule is CC(=O)c1ccc(N2CCN(C(=O)c3ncc[nH]3)CC2)cc1. The molecule has 1 aliphatic rings. The van der Waals surface area contributed by atoms with Gasteiger partial charge < -0.3 is 14.8 Å². The summed E-state index contributed by atoms with van der Waals surface area (Å²) in [4.78, 5) is 34.4. The predicted molar refractivity (Wildman–Crippen MR) is 83.2 cm³/mol. The van der Waals surface area contributed by atoms with E-state index in [1.165, 1.54) is 0 Å². The number of H-pyrrole nitrogens is 1. The first-order valence-corrected chi connectivity index (χ1v) is 7.30. The van der Waals surface area contributed by atoms with Crippen LogP contribution < -0.4 is 4.90 Å². The van der Waals surface area contributed by atoms with Crippen molar-refractivity contribution in [1.82, 2.24) is 14.9 Å². The van der Waals surface area contributed by atoms with E-state index in [0.717, 1.165) is 24.3 Å². The van der Waals surface area contributed by atoms with Crippen molar-refractivity contribution in [2.75, 3.05) is 31.1 Å². The lowest BCUT2D eigenvalue weighted by Crippen LogP contribution is -2.49. The molecule has 6 heteroatoms. The molecule has 0 aliphatic carbocycles. The smallest absolute Gasteiger partial charge is 0.289 e. The van der Waals surface area contributed by atoms with Crippen LogP contribution in [0.25, 0.3) is 0 Å². The highest BCUT2D eigenvalue weighted by Crippen LogP contribution is 2.18. The van der Waals surface area contributed by atoms with E-state index in [1.807, 2.05) is 24.3 Å². The highest BCUT2D eigenvalue weighted by molar-refractivity contribution is 5.94.